The van der Waals surface area contributed by atoms with Crippen LogP contribution in [-0.4, -0.2) is 71.7 Å². The van der Waals surface area contributed by atoms with E-state index < -0.39 is 52.9 Å². The smallest absolute Gasteiger partial charge is 0.394 e. The normalized spacial score (nSPS) is 37.3. The SMILES string of the molecule is O=S(=O)(O[C@@H]1C(O)O[C@H](CO)[C@@H](O)[C@@H]1O)C(F)(F)F. The van der Waals surface area contributed by atoms with Crippen molar-refractivity contribution < 1.29 is 50.9 Å². The Bertz CT molecular complexity index is 409. The maximum absolute atomic E-state index is 12.1. The largest absolute Gasteiger partial charge is 0.523 e. The van der Waals surface area contributed by atoms with Gasteiger partial charge >= 0.3 is 15.6 Å². The van der Waals surface area contributed by atoms with Gasteiger partial charge in [0, 0.05) is 0 Å². The molecule has 1 heterocycles. The third kappa shape index (κ3) is 3.34. The van der Waals surface area contributed by atoms with Crippen molar-refractivity contribution >= 4 is 10.1 Å². The molecule has 1 rings (SSSR count). The summed E-state index contributed by atoms with van der Waals surface area (Å²) in [4.78, 5) is 0. The van der Waals surface area contributed by atoms with Gasteiger partial charge in [0.1, 0.15) is 18.3 Å². The quantitative estimate of drug-likeness (QED) is 0.336. The van der Waals surface area contributed by atoms with Crippen molar-refractivity contribution in [3.05, 3.63) is 0 Å². The van der Waals surface area contributed by atoms with Crippen LogP contribution in [0.15, 0.2) is 0 Å². The Morgan fingerprint density at radius 1 is 1.16 bits per heavy atom. The predicted molar refractivity (Wildman–Crippen MR) is 49.8 cm³/mol. The first-order valence-corrected chi connectivity index (χ1v) is 6.22. The van der Waals surface area contributed by atoms with Crippen LogP contribution in [0.5, 0.6) is 0 Å². The van der Waals surface area contributed by atoms with E-state index in [0.29, 0.717) is 0 Å². The first-order chi connectivity index (χ1) is 8.51. The summed E-state index contributed by atoms with van der Waals surface area (Å²) in [6, 6.07) is 0. The van der Waals surface area contributed by atoms with Crippen molar-refractivity contribution in [1.82, 2.24) is 0 Å². The minimum Gasteiger partial charge on any atom is -0.394 e. The lowest BCUT2D eigenvalue weighted by Gasteiger charge is -2.39. The number of hydrogen-bond acceptors (Lipinski definition) is 8. The van der Waals surface area contributed by atoms with Gasteiger partial charge in [-0.15, -0.1) is 0 Å². The minimum atomic E-state index is -6.08. The maximum atomic E-state index is 12.1. The summed E-state index contributed by atoms with van der Waals surface area (Å²) in [5.41, 5.74) is -5.76. The Morgan fingerprint density at radius 3 is 2.11 bits per heavy atom. The molecule has 0 aromatic heterocycles. The second-order valence-electron chi connectivity index (χ2n) is 3.69. The summed E-state index contributed by atoms with van der Waals surface area (Å²) in [5.74, 6) is 0. The fraction of sp³-hybridized carbons (Fsp3) is 1.00. The maximum Gasteiger partial charge on any atom is 0.523 e. The van der Waals surface area contributed by atoms with Crippen LogP contribution in [0.3, 0.4) is 0 Å². The fourth-order valence-corrected chi connectivity index (χ4v) is 1.99. The Morgan fingerprint density at radius 2 is 1.68 bits per heavy atom. The molecule has 0 amide bonds. The van der Waals surface area contributed by atoms with E-state index in [2.05, 4.69) is 8.92 Å². The number of hydrogen-bond donors (Lipinski definition) is 4. The molecule has 19 heavy (non-hydrogen) atoms. The first kappa shape index (κ1) is 16.6. The van der Waals surface area contributed by atoms with Gasteiger partial charge in [-0.3, -0.25) is 4.18 Å². The molecule has 8 nitrogen and oxygen atoms in total. The molecule has 114 valence electrons. The highest BCUT2D eigenvalue weighted by Crippen LogP contribution is 2.30. The molecule has 0 radical (unpaired) electrons. The van der Waals surface area contributed by atoms with Gasteiger partial charge in [0.2, 0.25) is 0 Å². The standard InChI is InChI=1S/C7H11F3O8S/c8-7(9,10)19(15,16)18-5-4(13)3(12)2(1-11)17-6(5)14/h2-6,11-14H,1H2/t2-,3-,4+,5+,6?/m1/s1. The molecule has 1 saturated heterocycles. The Kier molecular flexibility index (Phi) is 4.77. The van der Waals surface area contributed by atoms with Crippen LogP contribution in [0.2, 0.25) is 0 Å². The number of aliphatic hydroxyl groups excluding tert-OH is 4. The zero-order chi connectivity index (χ0) is 15.0. The van der Waals surface area contributed by atoms with Crippen LogP contribution in [0.4, 0.5) is 13.2 Å². The molecule has 12 heteroatoms. The molecule has 0 aliphatic carbocycles. The highest BCUT2D eigenvalue weighted by Gasteiger charge is 2.53. The van der Waals surface area contributed by atoms with Gasteiger partial charge in [0.05, 0.1) is 6.61 Å². The van der Waals surface area contributed by atoms with Crippen LogP contribution >= 0.6 is 0 Å². The number of aliphatic hydroxyl groups is 4. The number of ether oxygens (including phenoxy) is 1. The van der Waals surface area contributed by atoms with Gasteiger partial charge in [0.25, 0.3) is 0 Å². The van der Waals surface area contributed by atoms with Gasteiger partial charge < -0.3 is 25.2 Å². The van der Waals surface area contributed by atoms with Crippen LogP contribution in [0, 0.1) is 0 Å². The van der Waals surface area contributed by atoms with Crippen LogP contribution in [0.25, 0.3) is 0 Å². The third-order valence-electron chi connectivity index (χ3n) is 2.36. The van der Waals surface area contributed by atoms with E-state index in [-0.39, 0.29) is 0 Å². The number of alkyl halides is 3. The lowest BCUT2D eigenvalue weighted by Crippen LogP contribution is -2.60. The van der Waals surface area contributed by atoms with Gasteiger partial charge in [-0.25, -0.2) is 0 Å². The van der Waals surface area contributed by atoms with E-state index in [4.69, 9.17) is 5.11 Å². The van der Waals surface area contributed by atoms with Crippen molar-refractivity contribution in [3.8, 4) is 0 Å². The molecule has 0 bridgehead atoms. The Labute approximate surface area is 105 Å². The zero-order valence-corrected chi connectivity index (χ0v) is 9.87. The summed E-state index contributed by atoms with van der Waals surface area (Å²) >= 11 is 0. The Hall–Kier alpha value is -0.500. The molecule has 1 aliphatic rings. The lowest BCUT2D eigenvalue weighted by molar-refractivity contribution is -0.281. The molecule has 5 atom stereocenters. The van der Waals surface area contributed by atoms with Crippen molar-refractivity contribution in [1.29, 1.82) is 0 Å². The molecule has 1 fully saturated rings. The van der Waals surface area contributed by atoms with Crippen molar-refractivity contribution in [2.24, 2.45) is 0 Å². The van der Waals surface area contributed by atoms with Crippen LogP contribution in [0.1, 0.15) is 0 Å². The van der Waals surface area contributed by atoms with Crippen molar-refractivity contribution in [2.75, 3.05) is 6.61 Å². The number of halogens is 3. The summed E-state index contributed by atoms with van der Waals surface area (Å²) < 4.78 is 65.7. The monoisotopic (exact) mass is 312 g/mol. The molecule has 1 aliphatic heterocycles. The Balaban J connectivity index is 2.90. The van der Waals surface area contributed by atoms with E-state index in [1.54, 1.807) is 0 Å². The van der Waals surface area contributed by atoms with Crippen LogP contribution in [-0.2, 0) is 19.0 Å². The summed E-state index contributed by atoms with van der Waals surface area (Å²) in [7, 11) is -6.08. The molecule has 0 saturated carbocycles. The van der Waals surface area contributed by atoms with E-state index in [1.165, 1.54) is 0 Å². The third-order valence-corrected chi connectivity index (χ3v) is 3.41. The minimum absolute atomic E-state index is 0.853. The second kappa shape index (κ2) is 5.47. The second-order valence-corrected chi connectivity index (χ2v) is 5.25. The predicted octanol–water partition coefficient (Wildman–Crippen LogP) is -2.35. The van der Waals surface area contributed by atoms with Crippen molar-refractivity contribution in [3.63, 3.8) is 0 Å². The highest BCUT2D eigenvalue weighted by molar-refractivity contribution is 7.87. The fourth-order valence-electron chi connectivity index (χ4n) is 1.38. The van der Waals surface area contributed by atoms with Gasteiger partial charge in [-0.05, 0) is 0 Å². The van der Waals surface area contributed by atoms with E-state index >= 15 is 0 Å². The van der Waals surface area contributed by atoms with Crippen molar-refractivity contribution in [2.45, 2.75) is 36.2 Å². The zero-order valence-electron chi connectivity index (χ0n) is 9.06. The van der Waals surface area contributed by atoms with Gasteiger partial charge in [-0.2, -0.15) is 21.6 Å². The van der Waals surface area contributed by atoms with E-state index in [9.17, 15) is 36.9 Å². The number of rotatable bonds is 3. The lowest BCUT2D eigenvalue weighted by atomic mass is 9.99. The summed E-state index contributed by atoms with van der Waals surface area (Å²) in [6.07, 6.45) is -10.3. The molecule has 0 aromatic carbocycles. The molecule has 4 N–H and O–H groups in total. The molecule has 1 unspecified atom stereocenters. The molecular weight excluding hydrogens is 301 g/mol. The van der Waals surface area contributed by atoms with Gasteiger partial charge in [0.15, 0.2) is 12.4 Å². The molecule has 0 spiro atoms. The van der Waals surface area contributed by atoms with Crippen LogP contribution < -0.4 is 0 Å². The molecular formula is C7H11F3O8S. The topological polar surface area (TPSA) is 134 Å². The van der Waals surface area contributed by atoms with Gasteiger partial charge in [-0.1, -0.05) is 0 Å². The van der Waals surface area contributed by atoms with E-state index in [0.717, 1.165) is 0 Å². The first-order valence-electron chi connectivity index (χ1n) is 4.81. The highest BCUT2D eigenvalue weighted by atomic mass is 32.2. The summed E-state index contributed by atoms with van der Waals surface area (Å²) in [6.45, 7) is -0.853. The van der Waals surface area contributed by atoms with E-state index in [1.807, 2.05) is 0 Å². The molecule has 0 aromatic rings. The average molecular weight is 312 g/mol. The average Bonchev–Trinajstić information content (AvgIpc) is 2.27. The summed E-state index contributed by atoms with van der Waals surface area (Å²) in [5, 5.41) is 36.6.